The molecule has 1 aliphatic heterocycles. The Kier molecular flexibility index (Phi) is 7.06. The van der Waals surface area contributed by atoms with Gasteiger partial charge in [0.05, 0.1) is 6.10 Å². The van der Waals surface area contributed by atoms with Crippen LogP contribution >= 0.6 is 0 Å². The van der Waals surface area contributed by atoms with Crippen molar-refractivity contribution < 1.29 is 4.74 Å². The van der Waals surface area contributed by atoms with Gasteiger partial charge in [-0.05, 0) is 38.6 Å². The minimum absolute atomic E-state index is 0.440. The minimum atomic E-state index is 0.440. The summed E-state index contributed by atoms with van der Waals surface area (Å²) in [6, 6.07) is 0.602. The van der Waals surface area contributed by atoms with Gasteiger partial charge in [-0.1, -0.05) is 33.1 Å². The Morgan fingerprint density at radius 3 is 2.56 bits per heavy atom. The zero-order valence-electron chi connectivity index (χ0n) is 11.3. The second kappa shape index (κ2) is 8.08. The van der Waals surface area contributed by atoms with Crippen molar-refractivity contribution in [3.05, 3.63) is 0 Å². The highest BCUT2D eigenvalue weighted by Crippen LogP contribution is 2.25. The van der Waals surface area contributed by atoms with Crippen LogP contribution in [0.1, 0.15) is 59.3 Å². The molecule has 0 aromatic heterocycles. The Labute approximate surface area is 101 Å². The molecular weight excluding hydrogens is 198 g/mol. The van der Waals surface area contributed by atoms with Crippen LogP contribution in [-0.2, 0) is 4.74 Å². The molecule has 0 amide bonds. The molecular formula is C14H29NO. The quantitative estimate of drug-likeness (QED) is 0.720. The Balaban J connectivity index is 2.54. The number of hydrogen-bond acceptors (Lipinski definition) is 2. The summed E-state index contributed by atoms with van der Waals surface area (Å²) in [5.41, 5.74) is 0. The SMILES string of the molecule is CCCC(CC)C(OCC)C1CCCCN1. The summed E-state index contributed by atoms with van der Waals surface area (Å²) in [5, 5.41) is 3.65. The lowest BCUT2D eigenvalue weighted by Gasteiger charge is -2.36. The van der Waals surface area contributed by atoms with Gasteiger partial charge in [0.2, 0.25) is 0 Å². The summed E-state index contributed by atoms with van der Waals surface area (Å²) < 4.78 is 6.02. The molecule has 0 aromatic rings. The standard InChI is InChI=1S/C14H29NO/c1-4-9-12(5-2)14(16-6-3)13-10-7-8-11-15-13/h12-15H,4-11H2,1-3H3. The smallest absolute Gasteiger partial charge is 0.0755 e. The second-order valence-corrected chi connectivity index (χ2v) is 4.93. The van der Waals surface area contributed by atoms with Gasteiger partial charge in [-0.3, -0.25) is 0 Å². The van der Waals surface area contributed by atoms with Crippen molar-refractivity contribution in [2.75, 3.05) is 13.2 Å². The van der Waals surface area contributed by atoms with Gasteiger partial charge >= 0.3 is 0 Å². The number of piperidine rings is 1. The zero-order chi connectivity index (χ0) is 11.8. The summed E-state index contributed by atoms with van der Waals surface area (Å²) in [7, 11) is 0. The predicted molar refractivity (Wildman–Crippen MR) is 69.7 cm³/mol. The van der Waals surface area contributed by atoms with Gasteiger partial charge in [-0.2, -0.15) is 0 Å². The van der Waals surface area contributed by atoms with Crippen molar-refractivity contribution in [1.82, 2.24) is 5.32 Å². The Morgan fingerprint density at radius 1 is 1.25 bits per heavy atom. The molecule has 0 radical (unpaired) electrons. The maximum atomic E-state index is 6.02. The molecule has 0 aliphatic carbocycles. The first kappa shape index (κ1) is 14.0. The molecule has 16 heavy (non-hydrogen) atoms. The van der Waals surface area contributed by atoms with E-state index in [1.165, 1.54) is 45.1 Å². The summed E-state index contributed by atoms with van der Waals surface area (Å²) in [6.45, 7) is 8.73. The van der Waals surface area contributed by atoms with E-state index in [4.69, 9.17) is 4.74 Å². The largest absolute Gasteiger partial charge is 0.377 e. The van der Waals surface area contributed by atoms with Gasteiger partial charge in [0.1, 0.15) is 0 Å². The van der Waals surface area contributed by atoms with Crippen LogP contribution in [-0.4, -0.2) is 25.3 Å². The molecule has 1 aliphatic rings. The summed E-state index contributed by atoms with van der Waals surface area (Å²) in [5.74, 6) is 0.737. The highest BCUT2D eigenvalue weighted by atomic mass is 16.5. The first-order valence-corrected chi connectivity index (χ1v) is 7.18. The Hall–Kier alpha value is -0.0800. The van der Waals surface area contributed by atoms with Crippen molar-refractivity contribution >= 4 is 0 Å². The molecule has 1 rings (SSSR count). The van der Waals surface area contributed by atoms with E-state index in [0.29, 0.717) is 12.1 Å². The maximum Gasteiger partial charge on any atom is 0.0755 e. The maximum absolute atomic E-state index is 6.02. The van der Waals surface area contributed by atoms with Gasteiger partial charge in [-0.15, -0.1) is 0 Å². The number of ether oxygens (including phenoxy) is 1. The van der Waals surface area contributed by atoms with Gasteiger partial charge in [-0.25, -0.2) is 0 Å². The third-order valence-corrected chi connectivity index (χ3v) is 3.75. The van der Waals surface area contributed by atoms with E-state index in [0.717, 1.165) is 12.5 Å². The van der Waals surface area contributed by atoms with E-state index in [9.17, 15) is 0 Å². The van der Waals surface area contributed by atoms with Crippen LogP contribution in [0, 0.1) is 5.92 Å². The molecule has 0 spiro atoms. The fourth-order valence-corrected chi connectivity index (χ4v) is 2.90. The van der Waals surface area contributed by atoms with Crippen molar-refractivity contribution in [2.45, 2.75) is 71.4 Å². The van der Waals surface area contributed by atoms with Crippen LogP contribution in [0.4, 0.5) is 0 Å². The first-order chi connectivity index (χ1) is 7.83. The van der Waals surface area contributed by atoms with E-state index in [1.54, 1.807) is 0 Å². The lowest BCUT2D eigenvalue weighted by molar-refractivity contribution is -0.0164. The average Bonchev–Trinajstić information content (AvgIpc) is 2.35. The molecule has 0 bridgehead atoms. The van der Waals surface area contributed by atoms with E-state index in [1.807, 2.05) is 0 Å². The average molecular weight is 227 g/mol. The minimum Gasteiger partial charge on any atom is -0.377 e. The summed E-state index contributed by atoms with van der Waals surface area (Å²) in [6.07, 6.45) is 8.26. The van der Waals surface area contributed by atoms with Crippen molar-refractivity contribution in [3.63, 3.8) is 0 Å². The third-order valence-electron chi connectivity index (χ3n) is 3.75. The van der Waals surface area contributed by atoms with Crippen LogP contribution in [0.5, 0.6) is 0 Å². The van der Waals surface area contributed by atoms with Gasteiger partial charge in [0.25, 0.3) is 0 Å². The number of hydrogen-bond donors (Lipinski definition) is 1. The molecule has 2 nitrogen and oxygen atoms in total. The molecule has 1 heterocycles. The van der Waals surface area contributed by atoms with Crippen LogP contribution in [0.2, 0.25) is 0 Å². The molecule has 1 fully saturated rings. The van der Waals surface area contributed by atoms with Crippen molar-refractivity contribution in [3.8, 4) is 0 Å². The second-order valence-electron chi connectivity index (χ2n) is 4.93. The van der Waals surface area contributed by atoms with Crippen LogP contribution in [0.3, 0.4) is 0 Å². The Morgan fingerprint density at radius 2 is 2.06 bits per heavy atom. The fraction of sp³-hybridized carbons (Fsp3) is 1.00. The normalized spacial score (nSPS) is 25.3. The molecule has 2 heteroatoms. The van der Waals surface area contributed by atoms with Crippen molar-refractivity contribution in [2.24, 2.45) is 5.92 Å². The molecule has 0 aromatic carbocycles. The lowest BCUT2D eigenvalue weighted by Crippen LogP contribution is -2.47. The summed E-state index contributed by atoms with van der Waals surface area (Å²) in [4.78, 5) is 0. The van der Waals surface area contributed by atoms with Gasteiger partial charge < -0.3 is 10.1 Å². The molecule has 1 N–H and O–H groups in total. The van der Waals surface area contributed by atoms with E-state index in [-0.39, 0.29) is 0 Å². The van der Waals surface area contributed by atoms with Gasteiger partial charge in [0, 0.05) is 12.6 Å². The van der Waals surface area contributed by atoms with Gasteiger partial charge in [0.15, 0.2) is 0 Å². The van der Waals surface area contributed by atoms with Crippen LogP contribution in [0.25, 0.3) is 0 Å². The molecule has 0 saturated carbocycles. The van der Waals surface area contributed by atoms with E-state index < -0.39 is 0 Å². The lowest BCUT2D eigenvalue weighted by atomic mass is 9.86. The first-order valence-electron chi connectivity index (χ1n) is 7.18. The zero-order valence-corrected chi connectivity index (χ0v) is 11.3. The fourth-order valence-electron chi connectivity index (χ4n) is 2.90. The third kappa shape index (κ3) is 4.06. The van der Waals surface area contributed by atoms with E-state index >= 15 is 0 Å². The van der Waals surface area contributed by atoms with E-state index in [2.05, 4.69) is 26.1 Å². The van der Waals surface area contributed by atoms with Crippen LogP contribution < -0.4 is 5.32 Å². The Bertz CT molecular complexity index is 161. The number of nitrogens with one attached hydrogen (secondary N) is 1. The van der Waals surface area contributed by atoms with Crippen molar-refractivity contribution in [1.29, 1.82) is 0 Å². The molecule has 3 atom stereocenters. The topological polar surface area (TPSA) is 21.3 Å². The monoisotopic (exact) mass is 227 g/mol. The summed E-state index contributed by atoms with van der Waals surface area (Å²) >= 11 is 0. The number of rotatable bonds is 7. The highest BCUT2D eigenvalue weighted by molar-refractivity contribution is 4.85. The molecule has 3 unspecified atom stereocenters. The van der Waals surface area contributed by atoms with Crippen LogP contribution in [0.15, 0.2) is 0 Å². The highest BCUT2D eigenvalue weighted by Gasteiger charge is 2.29. The molecule has 1 saturated heterocycles. The predicted octanol–water partition coefficient (Wildman–Crippen LogP) is 3.36. The molecule has 96 valence electrons.